The molecule has 0 N–H and O–H groups in total. The normalized spacial score (nSPS) is 16.0. The second kappa shape index (κ2) is 9.02. The van der Waals surface area contributed by atoms with Crippen molar-refractivity contribution in [3.8, 4) is 0 Å². The number of nitrogens with zero attached hydrogens (tertiary/aromatic N) is 1. The highest BCUT2D eigenvalue weighted by Crippen LogP contribution is 2.33. The first-order valence-electron chi connectivity index (χ1n) is 9.45. The smallest absolute Gasteiger partial charge is 0.325 e. The molecule has 6 nitrogen and oxygen atoms in total. The Morgan fingerprint density at radius 3 is 2.17 bits per heavy atom. The largest absolute Gasteiger partial charge is 0.465 e. The number of esters is 1. The van der Waals surface area contributed by atoms with E-state index in [1.165, 1.54) is 17.0 Å². The predicted octanol–water partition coefficient (Wildman–Crippen LogP) is 3.34. The number of carbonyl (C=O) groups excluding carboxylic acids is 2. The number of hydrogen-bond donors (Lipinski definition) is 0. The maximum atomic E-state index is 13.1. The third-order valence-electron chi connectivity index (χ3n) is 4.81. The van der Waals surface area contributed by atoms with Crippen LogP contribution in [-0.4, -0.2) is 51.1 Å². The number of carbonyl (C=O) groups is 2. The van der Waals surface area contributed by atoms with Gasteiger partial charge in [-0.25, -0.2) is 8.42 Å². The van der Waals surface area contributed by atoms with Gasteiger partial charge in [-0.3, -0.25) is 9.59 Å². The van der Waals surface area contributed by atoms with Gasteiger partial charge in [-0.15, -0.1) is 0 Å². The summed E-state index contributed by atoms with van der Waals surface area (Å²) >= 11 is 6.02. The Hall–Kier alpha value is -2.64. The highest BCUT2D eigenvalue weighted by atomic mass is 35.5. The maximum Gasteiger partial charge on any atom is 0.325 e. The first-order valence-corrected chi connectivity index (χ1v) is 11.7. The fourth-order valence-electron chi connectivity index (χ4n) is 3.39. The minimum atomic E-state index is -3.33. The number of ether oxygens (including phenoxy) is 1. The summed E-state index contributed by atoms with van der Waals surface area (Å²) < 4.78 is 28.5. The van der Waals surface area contributed by atoms with Gasteiger partial charge in [-0.2, -0.15) is 0 Å². The molecule has 1 amide bonds. The molecule has 1 aliphatic rings. The number of benzene rings is 2. The van der Waals surface area contributed by atoms with Gasteiger partial charge in [0.1, 0.15) is 6.54 Å². The average Bonchev–Trinajstić information content (AvgIpc) is 3.04. The van der Waals surface area contributed by atoms with E-state index in [2.05, 4.69) is 0 Å². The molecule has 0 spiro atoms. The van der Waals surface area contributed by atoms with Crippen molar-refractivity contribution in [2.24, 2.45) is 0 Å². The van der Waals surface area contributed by atoms with Crippen LogP contribution in [0.15, 0.2) is 59.0 Å². The summed E-state index contributed by atoms with van der Waals surface area (Å²) in [5.74, 6) is -0.683. The summed E-state index contributed by atoms with van der Waals surface area (Å²) in [6.07, 6.45) is 1.61. The molecule has 0 radical (unpaired) electrons. The molecule has 1 aliphatic heterocycles. The van der Waals surface area contributed by atoms with Crippen LogP contribution in [0, 0.1) is 0 Å². The number of amides is 1. The summed E-state index contributed by atoms with van der Waals surface area (Å²) in [5, 5.41) is 0.567. The standard InChI is InChI=1S/C22H22ClNO5S/c1-3-29-20(25)14-24-13-12-19(22(24)26)21(15-4-8-17(23)9-5-15)16-6-10-18(11-7-16)30(2,27)28/h4-11H,3,12-14H2,1-2H3/b21-19+. The minimum Gasteiger partial charge on any atom is -0.465 e. The molecule has 2 aromatic rings. The maximum absolute atomic E-state index is 13.1. The SMILES string of the molecule is CCOC(=O)CN1CC/C(=C(/c2ccc(Cl)cc2)c2ccc(S(C)(=O)=O)cc2)C1=O. The Morgan fingerprint density at radius 1 is 1.07 bits per heavy atom. The molecule has 1 heterocycles. The summed E-state index contributed by atoms with van der Waals surface area (Å²) in [4.78, 5) is 26.6. The first kappa shape index (κ1) is 22.1. The van der Waals surface area contributed by atoms with Crippen LogP contribution in [0.25, 0.3) is 5.57 Å². The zero-order valence-electron chi connectivity index (χ0n) is 16.7. The Morgan fingerprint density at radius 2 is 1.63 bits per heavy atom. The third kappa shape index (κ3) is 4.91. The van der Waals surface area contributed by atoms with E-state index in [4.69, 9.17) is 16.3 Å². The zero-order chi connectivity index (χ0) is 21.9. The molecule has 2 aromatic carbocycles. The van der Waals surface area contributed by atoms with Crippen molar-refractivity contribution in [2.75, 3.05) is 26.0 Å². The molecular weight excluding hydrogens is 426 g/mol. The summed E-state index contributed by atoms with van der Waals surface area (Å²) in [6, 6.07) is 13.5. The van der Waals surface area contributed by atoms with Crippen molar-refractivity contribution in [1.29, 1.82) is 0 Å². The highest BCUT2D eigenvalue weighted by Gasteiger charge is 2.31. The van der Waals surface area contributed by atoms with E-state index in [1.54, 1.807) is 31.2 Å². The first-order chi connectivity index (χ1) is 14.2. The minimum absolute atomic E-state index is 0.100. The summed E-state index contributed by atoms with van der Waals surface area (Å²) in [5.41, 5.74) is 2.76. The molecule has 0 bridgehead atoms. The Labute approximate surface area is 181 Å². The molecule has 1 fully saturated rings. The van der Waals surface area contributed by atoms with Gasteiger partial charge in [-0.1, -0.05) is 35.9 Å². The van der Waals surface area contributed by atoms with Gasteiger partial charge in [0, 0.05) is 23.4 Å². The van der Waals surface area contributed by atoms with Crippen molar-refractivity contribution < 1.29 is 22.7 Å². The molecule has 3 rings (SSSR count). The van der Waals surface area contributed by atoms with Gasteiger partial charge < -0.3 is 9.64 Å². The van der Waals surface area contributed by atoms with Crippen LogP contribution in [0.5, 0.6) is 0 Å². The van der Waals surface area contributed by atoms with Crippen LogP contribution in [0.3, 0.4) is 0 Å². The highest BCUT2D eigenvalue weighted by molar-refractivity contribution is 7.90. The van der Waals surface area contributed by atoms with E-state index in [0.717, 1.165) is 11.8 Å². The lowest BCUT2D eigenvalue weighted by molar-refractivity contribution is -0.147. The second-order valence-corrected chi connectivity index (χ2v) is 9.39. The van der Waals surface area contributed by atoms with Gasteiger partial charge >= 0.3 is 5.97 Å². The Bertz CT molecular complexity index is 1090. The lowest BCUT2D eigenvalue weighted by Crippen LogP contribution is -2.32. The van der Waals surface area contributed by atoms with Gasteiger partial charge in [0.15, 0.2) is 9.84 Å². The van der Waals surface area contributed by atoms with Crippen LogP contribution in [-0.2, 0) is 24.2 Å². The van der Waals surface area contributed by atoms with Crippen LogP contribution >= 0.6 is 11.6 Å². The number of sulfone groups is 1. The van der Waals surface area contributed by atoms with Gasteiger partial charge in [0.25, 0.3) is 5.91 Å². The molecule has 0 aliphatic carbocycles. The molecule has 8 heteroatoms. The van der Waals surface area contributed by atoms with E-state index in [-0.39, 0.29) is 24.0 Å². The fraction of sp³-hybridized carbons (Fsp3) is 0.273. The fourth-order valence-corrected chi connectivity index (χ4v) is 4.15. The second-order valence-electron chi connectivity index (χ2n) is 6.94. The lowest BCUT2D eigenvalue weighted by Gasteiger charge is -2.16. The molecule has 0 atom stereocenters. The third-order valence-corrected chi connectivity index (χ3v) is 6.19. The molecular formula is C22H22ClNO5S. The van der Waals surface area contributed by atoms with Gasteiger partial charge in [0.05, 0.1) is 11.5 Å². The van der Waals surface area contributed by atoms with E-state index in [1.807, 2.05) is 12.1 Å². The van der Waals surface area contributed by atoms with Crippen molar-refractivity contribution in [2.45, 2.75) is 18.2 Å². The van der Waals surface area contributed by atoms with Crippen molar-refractivity contribution in [3.05, 3.63) is 70.3 Å². The number of likely N-dealkylation sites (tertiary alicyclic amines) is 1. The quantitative estimate of drug-likeness (QED) is 0.501. The molecule has 1 saturated heterocycles. The van der Waals surface area contributed by atoms with E-state index < -0.39 is 15.8 Å². The van der Waals surface area contributed by atoms with Crippen LogP contribution < -0.4 is 0 Å². The summed E-state index contributed by atoms with van der Waals surface area (Å²) in [7, 11) is -3.33. The monoisotopic (exact) mass is 447 g/mol. The zero-order valence-corrected chi connectivity index (χ0v) is 18.3. The van der Waals surface area contributed by atoms with Crippen LogP contribution in [0.4, 0.5) is 0 Å². The molecule has 0 unspecified atom stereocenters. The molecule has 0 saturated carbocycles. The Kier molecular flexibility index (Phi) is 6.63. The number of hydrogen-bond acceptors (Lipinski definition) is 5. The van der Waals surface area contributed by atoms with Crippen molar-refractivity contribution >= 4 is 38.9 Å². The topological polar surface area (TPSA) is 80.8 Å². The van der Waals surface area contributed by atoms with Crippen molar-refractivity contribution in [1.82, 2.24) is 4.90 Å². The predicted molar refractivity (Wildman–Crippen MR) is 115 cm³/mol. The molecule has 30 heavy (non-hydrogen) atoms. The lowest BCUT2D eigenvalue weighted by atomic mass is 9.92. The van der Waals surface area contributed by atoms with Crippen molar-refractivity contribution in [3.63, 3.8) is 0 Å². The van der Waals surface area contributed by atoms with Crippen LogP contribution in [0.2, 0.25) is 5.02 Å². The van der Waals surface area contributed by atoms with E-state index in [0.29, 0.717) is 34.7 Å². The van der Waals surface area contributed by atoms with Crippen LogP contribution in [0.1, 0.15) is 24.5 Å². The molecule has 0 aromatic heterocycles. The summed E-state index contributed by atoms with van der Waals surface area (Å²) in [6.45, 7) is 2.28. The number of rotatable bonds is 6. The Balaban J connectivity index is 2.05. The number of halogens is 1. The van der Waals surface area contributed by atoms with E-state index >= 15 is 0 Å². The molecule has 158 valence electrons. The van der Waals surface area contributed by atoms with Gasteiger partial charge in [0.2, 0.25) is 0 Å². The van der Waals surface area contributed by atoms with E-state index in [9.17, 15) is 18.0 Å². The average molecular weight is 448 g/mol. The van der Waals surface area contributed by atoms with Gasteiger partial charge in [-0.05, 0) is 54.3 Å².